The summed E-state index contributed by atoms with van der Waals surface area (Å²) in [6, 6.07) is 5.93. The predicted octanol–water partition coefficient (Wildman–Crippen LogP) is 2.42. The lowest BCUT2D eigenvalue weighted by Gasteiger charge is -2.26. The maximum atomic E-state index is 10.6. The van der Waals surface area contributed by atoms with Gasteiger partial charge >= 0.3 is 6.09 Å². The zero-order valence-electron chi connectivity index (χ0n) is 7.96. The third kappa shape index (κ3) is 2.34. The molecule has 0 fully saturated rings. The Hall–Kier alpha value is -0.980. The minimum Gasteiger partial charge on any atom is -0.465 e. The molecule has 2 rings (SSSR count). The van der Waals surface area contributed by atoms with E-state index in [4.69, 9.17) is 5.11 Å². The maximum Gasteiger partial charge on any atom is 0.405 e. The molecule has 80 valence electrons. The SMILES string of the molecule is O=C(O)NC1CCNc2ccc(I)cc21. The summed E-state index contributed by atoms with van der Waals surface area (Å²) in [5, 5.41) is 14.5. The molecule has 1 heterocycles. The van der Waals surface area contributed by atoms with Gasteiger partial charge in [0.15, 0.2) is 0 Å². The molecule has 5 heteroatoms. The lowest BCUT2D eigenvalue weighted by atomic mass is 9.98. The standard InChI is InChI=1S/C10H11IN2O2/c11-6-1-2-8-7(5-6)9(3-4-12-8)13-10(14)15/h1-2,5,9,12-13H,3-4H2,(H,14,15). The van der Waals surface area contributed by atoms with Crippen molar-refractivity contribution < 1.29 is 9.90 Å². The van der Waals surface area contributed by atoms with E-state index >= 15 is 0 Å². The second-order valence-corrected chi connectivity index (χ2v) is 4.69. The first kappa shape index (κ1) is 10.5. The Bertz CT molecular complexity index is 395. The van der Waals surface area contributed by atoms with E-state index in [1.165, 1.54) is 0 Å². The molecule has 0 radical (unpaired) electrons. The fourth-order valence-electron chi connectivity index (χ4n) is 1.79. The van der Waals surface area contributed by atoms with Gasteiger partial charge in [-0.1, -0.05) is 0 Å². The Balaban J connectivity index is 2.32. The Kier molecular flexibility index (Phi) is 2.99. The van der Waals surface area contributed by atoms with Crippen molar-refractivity contribution in [1.29, 1.82) is 0 Å². The zero-order valence-corrected chi connectivity index (χ0v) is 10.1. The van der Waals surface area contributed by atoms with Gasteiger partial charge in [0.05, 0.1) is 6.04 Å². The molecule has 1 atom stereocenters. The molecular weight excluding hydrogens is 307 g/mol. The predicted molar refractivity (Wildman–Crippen MR) is 66.2 cm³/mol. The largest absolute Gasteiger partial charge is 0.465 e. The Morgan fingerprint density at radius 2 is 2.40 bits per heavy atom. The summed E-state index contributed by atoms with van der Waals surface area (Å²) in [5.74, 6) is 0. The van der Waals surface area contributed by atoms with Crippen LogP contribution in [-0.4, -0.2) is 17.7 Å². The number of carboxylic acid groups (broad SMARTS) is 1. The van der Waals surface area contributed by atoms with Crippen LogP contribution in [0.25, 0.3) is 0 Å². The molecule has 15 heavy (non-hydrogen) atoms. The van der Waals surface area contributed by atoms with Crippen molar-refractivity contribution in [2.24, 2.45) is 0 Å². The average Bonchev–Trinajstić information content (AvgIpc) is 2.18. The van der Waals surface area contributed by atoms with Crippen molar-refractivity contribution in [3.63, 3.8) is 0 Å². The molecule has 1 amide bonds. The van der Waals surface area contributed by atoms with E-state index in [9.17, 15) is 4.79 Å². The number of carbonyl (C=O) groups is 1. The topological polar surface area (TPSA) is 61.4 Å². The summed E-state index contributed by atoms with van der Waals surface area (Å²) in [4.78, 5) is 10.6. The molecule has 1 unspecified atom stereocenters. The Morgan fingerprint density at radius 1 is 1.60 bits per heavy atom. The zero-order chi connectivity index (χ0) is 10.8. The van der Waals surface area contributed by atoms with E-state index in [1.54, 1.807) is 0 Å². The molecule has 4 nitrogen and oxygen atoms in total. The van der Waals surface area contributed by atoms with Gasteiger partial charge in [0.1, 0.15) is 0 Å². The molecule has 3 N–H and O–H groups in total. The van der Waals surface area contributed by atoms with Crippen molar-refractivity contribution >= 4 is 34.4 Å². The van der Waals surface area contributed by atoms with E-state index < -0.39 is 6.09 Å². The highest BCUT2D eigenvalue weighted by Crippen LogP contribution is 2.30. The molecular formula is C10H11IN2O2. The molecule has 0 saturated carbocycles. The van der Waals surface area contributed by atoms with Gasteiger partial charge in [-0.3, -0.25) is 0 Å². The van der Waals surface area contributed by atoms with Crippen molar-refractivity contribution in [3.8, 4) is 0 Å². The first-order valence-electron chi connectivity index (χ1n) is 4.69. The van der Waals surface area contributed by atoms with Crippen LogP contribution in [-0.2, 0) is 0 Å². The van der Waals surface area contributed by atoms with Gasteiger partial charge in [-0.15, -0.1) is 0 Å². The summed E-state index contributed by atoms with van der Waals surface area (Å²) in [6.45, 7) is 0.804. The first-order valence-corrected chi connectivity index (χ1v) is 5.77. The Labute approximate surface area is 101 Å². The summed E-state index contributed by atoms with van der Waals surface area (Å²) in [7, 11) is 0. The highest BCUT2D eigenvalue weighted by atomic mass is 127. The third-order valence-corrected chi connectivity index (χ3v) is 3.11. The van der Waals surface area contributed by atoms with Crippen LogP contribution in [0.5, 0.6) is 0 Å². The molecule has 1 aliphatic rings. The van der Waals surface area contributed by atoms with Crippen molar-refractivity contribution in [2.45, 2.75) is 12.5 Å². The second-order valence-electron chi connectivity index (χ2n) is 3.45. The van der Waals surface area contributed by atoms with Crippen LogP contribution in [0, 0.1) is 3.57 Å². The summed E-state index contributed by atoms with van der Waals surface area (Å²) < 4.78 is 1.12. The van der Waals surface area contributed by atoms with Gasteiger partial charge in [0.2, 0.25) is 0 Å². The quantitative estimate of drug-likeness (QED) is 0.697. The molecule has 1 aromatic carbocycles. The summed E-state index contributed by atoms with van der Waals surface area (Å²) in [5.41, 5.74) is 2.07. The van der Waals surface area contributed by atoms with Crippen LogP contribution >= 0.6 is 22.6 Å². The number of nitrogens with one attached hydrogen (secondary N) is 2. The number of halogens is 1. The molecule has 0 spiro atoms. The minimum atomic E-state index is -0.966. The van der Waals surface area contributed by atoms with E-state index in [0.29, 0.717) is 0 Å². The summed E-state index contributed by atoms with van der Waals surface area (Å²) >= 11 is 2.23. The monoisotopic (exact) mass is 318 g/mol. The van der Waals surface area contributed by atoms with Crippen LogP contribution in [0.1, 0.15) is 18.0 Å². The van der Waals surface area contributed by atoms with E-state index in [0.717, 1.165) is 27.8 Å². The summed E-state index contributed by atoms with van der Waals surface area (Å²) in [6.07, 6.45) is -0.175. The molecule has 0 saturated heterocycles. The number of benzene rings is 1. The number of rotatable bonds is 1. The number of hydrogen-bond donors (Lipinski definition) is 3. The van der Waals surface area contributed by atoms with Gasteiger partial charge < -0.3 is 15.7 Å². The number of anilines is 1. The van der Waals surface area contributed by atoms with Gasteiger partial charge in [-0.2, -0.15) is 0 Å². The fraction of sp³-hybridized carbons (Fsp3) is 0.300. The van der Waals surface area contributed by atoms with Crippen molar-refractivity contribution in [1.82, 2.24) is 5.32 Å². The van der Waals surface area contributed by atoms with Gasteiger partial charge in [0, 0.05) is 15.8 Å². The number of fused-ring (bicyclic) bond motifs is 1. The van der Waals surface area contributed by atoms with Crippen LogP contribution in [0.15, 0.2) is 18.2 Å². The molecule has 0 aliphatic carbocycles. The van der Waals surface area contributed by atoms with Gasteiger partial charge in [-0.25, -0.2) is 4.79 Å². The maximum absolute atomic E-state index is 10.6. The lowest BCUT2D eigenvalue weighted by molar-refractivity contribution is 0.189. The third-order valence-electron chi connectivity index (χ3n) is 2.44. The van der Waals surface area contributed by atoms with Crippen LogP contribution in [0.3, 0.4) is 0 Å². The van der Waals surface area contributed by atoms with E-state index in [-0.39, 0.29) is 6.04 Å². The minimum absolute atomic E-state index is 0.0894. The molecule has 1 aliphatic heterocycles. The lowest BCUT2D eigenvalue weighted by Crippen LogP contribution is -2.31. The fourth-order valence-corrected chi connectivity index (χ4v) is 2.30. The van der Waals surface area contributed by atoms with Crippen molar-refractivity contribution in [2.75, 3.05) is 11.9 Å². The van der Waals surface area contributed by atoms with E-state index in [1.807, 2.05) is 18.2 Å². The smallest absolute Gasteiger partial charge is 0.405 e. The first-order chi connectivity index (χ1) is 7.16. The normalized spacial score (nSPS) is 18.9. The average molecular weight is 318 g/mol. The Morgan fingerprint density at radius 3 is 3.13 bits per heavy atom. The number of hydrogen-bond acceptors (Lipinski definition) is 2. The van der Waals surface area contributed by atoms with Crippen molar-refractivity contribution in [3.05, 3.63) is 27.3 Å². The highest BCUT2D eigenvalue weighted by Gasteiger charge is 2.21. The van der Waals surface area contributed by atoms with Crippen LogP contribution in [0.4, 0.5) is 10.5 Å². The van der Waals surface area contributed by atoms with Crippen LogP contribution in [0.2, 0.25) is 0 Å². The molecule has 1 aromatic rings. The number of amides is 1. The van der Waals surface area contributed by atoms with E-state index in [2.05, 4.69) is 33.2 Å². The second kappa shape index (κ2) is 4.26. The van der Waals surface area contributed by atoms with Gasteiger partial charge in [-0.05, 0) is 52.8 Å². The molecule has 0 bridgehead atoms. The molecule has 0 aromatic heterocycles. The van der Waals surface area contributed by atoms with Gasteiger partial charge in [0.25, 0.3) is 0 Å². The highest BCUT2D eigenvalue weighted by molar-refractivity contribution is 14.1. The van der Waals surface area contributed by atoms with Crippen LogP contribution < -0.4 is 10.6 Å².